The zero-order valence-electron chi connectivity index (χ0n) is 16.8. The number of amides is 1. The largest absolute Gasteiger partial charge is 0.350 e. The fourth-order valence-electron chi connectivity index (χ4n) is 3.99. The minimum atomic E-state index is -2.23. The SMILES string of the molecule is CCC(N1C(=O)c2cc(C)ccc2N(C)C1(O)c1ccc(F)cc1F)n1cncn1. The quantitative estimate of drug-likeness (QED) is 0.711. The molecule has 0 saturated carbocycles. The first-order valence-corrected chi connectivity index (χ1v) is 9.49. The molecule has 0 spiro atoms. The molecule has 9 heteroatoms. The summed E-state index contributed by atoms with van der Waals surface area (Å²) in [5.74, 6) is -4.48. The molecule has 7 nitrogen and oxygen atoms in total. The Morgan fingerprint density at radius 1 is 1.20 bits per heavy atom. The van der Waals surface area contributed by atoms with Crippen LogP contribution < -0.4 is 4.90 Å². The molecule has 0 aliphatic carbocycles. The van der Waals surface area contributed by atoms with Crippen molar-refractivity contribution in [3.05, 3.63) is 77.4 Å². The number of carbonyl (C=O) groups excluding carboxylic acids is 1. The molecule has 1 aromatic heterocycles. The van der Waals surface area contributed by atoms with Gasteiger partial charge in [-0.3, -0.25) is 9.69 Å². The van der Waals surface area contributed by atoms with Gasteiger partial charge in [-0.2, -0.15) is 5.10 Å². The van der Waals surface area contributed by atoms with E-state index in [9.17, 15) is 18.7 Å². The lowest BCUT2D eigenvalue weighted by Crippen LogP contribution is -2.64. The van der Waals surface area contributed by atoms with Crippen LogP contribution in [0.3, 0.4) is 0 Å². The molecule has 4 rings (SSSR count). The standard InChI is InChI=1S/C21H21F2N5O2/c1-4-19(27-12-24-11-25-27)28-20(29)15-9-13(2)5-8-18(15)26(3)21(28,30)16-7-6-14(22)10-17(16)23/h5-12,19,30H,4H2,1-3H3. The Bertz CT molecular complexity index is 1100. The summed E-state index contributed by atoms with van der Waals surface area (Å²) >= 11 is 0. The lowest BCUT2D eigenvalue weighted by Gasteiger charge is -2.52. The predicted octanol–water partition coefficient (Wildman–Crippen LogP) is 3.17. The van der Waals surface area contributed by atoms with Crippen molar-refractivity contribution in [2.75, 3.05) is 11.9 Å². The van der Waals surface area contributed by atoms with E-state index in [2.05, 4.69) is 10.1 Å². The average Bonchev–Trinajstić information content (AvgIpc) is 3.24. The van der Waals surface area contributed by atoms with Crippen LogP contribution in [0.1, 0.15) is 41.0 Å². The summed E-state index contributed by atoms with van der Waals surface area (Å²) in [6, 6.07) is 8.10. The highest BCUT2D eigenvalue weighted by molar-refractivity contribution is 6.02. The highest BCUT2D eigenvalue weighted by atomic mass is 19.1. The van der Waals surface area contributed by atoms with Gasteiger partial charge >= 0.3 is 0 Å². The van der Waals surface area contributed by atoms with Gasteiger partial charge in [0, 0.05) is 13.1 Å². The van der Waals surface area contributed by atoms with Crippen molar-refractivity contribution in [3.8, 4) is 0 Å². The second-order valence-electron chi connectivity index (χ2n) is 7.28. The summed E-state index contributed by atoms with van der Waals surface area (Å²) in [7, 11) is 1.56. The minimum absolute atomic E-state index is 0.246. The monoisotopic (exact) mass is 413 g/mol. The Labute approximate surface area is 172 Å². The van der Waals surface area contributed by atoms with Crippen LogP contribution in [0.25, 0.3) is 0 Å². The van der Waals surface area contributed by atoms with Crippen LogP contribution in [0.4, 0.5) is 14.5 Å². The summed E-state index contributed by atoms with van der Waals surface area (Å²) in [4.78, 5) is 20.2. The van der Waals surface area contributed by atoms with E-state index in [1.807, 2.05) is 13.8 Å². The van der Waals surface area contributed by atoms with Gasteiger partial charge in [0.2, 0.25) is 0 Å². The van der Waals surface area contributed by atoms with E-state index in [0.29, 0.717) is 23.7 Å². The number of hydrogen-bond acceptors (Lipinski definition) is 5. The second-order valence-corrected chi connectivity index (χ2v) is 7.28. The summed E-state index contributed by atoms with van der Waals surface area (Å²) in [5.41, 5.74) is 1.41. The fourth-order valence-corrected chi connectivity index (χ4v) is 3.99. The van der Waals surface area contributed by atoms with Gasteiger partial charge in [-0.1, -0.05) is 18.6 Å². The van der Waals surface area contributed by atoms with Crippen LogP contribution in [-0.2, 0) is 5.85 Å². The van der Waals surface area contributed by atoms with Gasteiger partial charge in [0.15, 0.2) is 0 Å². The number of aromatic nitrogens is 3. The topological polar surface area (TPSA) is 74.5 Å². The lowest BCUT2D eigenvalue weighted by molar-refractivity contribution is -0.132. The summed E-state index contributed by atoms with van der Waals surface area (Å²) in [6.45, 7) is 3.67. The number of anilines is 1. The number of rotatable bonds is 4. The molecule has 0 radical (unpaired) electrons. The number of nitrogens with zero attached hydrogens (tertiary/aromatic N) is 5. The molecule has 0 fully saturated rings. The Morgan fingerprint density at radius 3 is 2.60 bits per heavy atom. The molecule has 0 saturated heterocycles. The van der Waals surface area contributed by atoms with Gasteiger partial charge in [-0.15, -0.1) is 0 Å². The molecule has 2 atom stereocenters. The molecule has 1 aliphatic rings. The third-order valence-electron chi connectivity index (χ3n) is 5.46. The maximum absolute atomic E-state index is 14.9. The molecule has 0 bridgehead atoms. The van der Waals surface area contributed by atoms with Gasteiger partial charge in [-0.05, 0) is 37.6 Å². The van der Waals surface area contributed by atoms with E-state index >= 15 is 0 Å². The van der Waals surface area contributed by atoms with Crippen molar-refractivity contribution in [1.29, 1.82) is 0 Å². The minimum Gasteiger partial charge on any atom is -0.350 e. The molecule has 1 amide bonds. The molecule has 3 aromatic rings. The molecule has 1 N–H and O–H groups in total. The molecular weight excluding hydrogens is 392 g/mol. The smallest absolute Gasteiger partial charge is 0.261 e. The first-order valence-electron chi connectivity index (χ1n) is 9.49. The van der Waals surface area contributed by atoms with Gasteiger partial charge in [-0.25, -0.2) is 18.4 Å². The Morgan fingerprint density at radius 2 is 1.97 bits per heavy atom. The van der Waals surface area contributed by atoms with Gasteiger partial charge in [0.25, 0.3) is 11.8 Å². The first kappa shape index (κ1) is 20.0. The number of fused-ring (bicyclic) bond motifs is 1. The van der Waals surface area contributed by atoms with E-state index in [4.69, 9.17) is 0 Å². The Kier molecular flexibility index (Phi) is 4.77. The van der Waals surface area contributed by atoms with Crippen molar-refractivity contribution < 1.29 is 18.7 Å². The Hall–Kier alpha value is -3.33. The van der Waals surface area contributed by atoms with E-state index in [-0.39, 0.29) is 5.56 Å². The number of aryl methyl sites for hydroxylation is 1. The predicted molar refractivity (Wildman–Crippen MR) is 105 cm³/mol. The van der Waals surface area contributed by atoms with Gasteiger partial charge in [0.05, 0.1) is 16.8 Å². The molecule has 2 heterocycles. The number of halogens is 2. The second kappa shape index (κ2) is 7.17. The zero-order valence-corrected chi connectivity index (χ0v) is 16.8. The van der Waals surface area contributed by atoms with E-state index < -0.39 is 29.6 Å². The summed E-state index contributed by atoms with van der Waals surface area (Å²) in [6.07, 6.45) is 2.32. The highest BCUT2D eigenvalue weighted by Crippen LogP contribution is 2.45. The first-order chi connectivity index (χ1) is 14.3. The van der Waals surface area contributed by atoms with Crippen LogP contribution in [-0.4, -0.2) is 37.7 Å². The third kappa shape index (κ3) is 2.85. The van der Waals surface area contributed by atoms with Gasteiger partial charge < -0.3 is 10.0 Å². The molecule has 1 aliphatic heterocycles. The van der Waals surface area contributed by atoms with Gasteiger partial charge in [0.1, 0.15) is 30.5 Å². The zero-order chi connectivity index (χ0) is 21.6. The number of carbonyl (C=O) groups is 1. The number of benzene rings is 2. The van der Waals surface area contributed by atoms with Crippen LogP contribution in [0.2, 0.25) is 0 Å². The van der Waals surface area contributed by atoms with Crippen LogP contribution in [0.5, 0.6) is 0 Å². The normalized spacial score (nSPS) is 19.7. The van der Waals surface area contributed by atoms with Crippen molar-refractivity contribution in [2.24, 2.45) is 0 Å². The van der Waals surface area contributed by atoms with Crippen LogP contribution in [0.15, 0.2) is 49.1 Å². The van der Waals surface area contributed by atoms with Crippen molar-refractivity contribution in [2.45, 2.75) is 32.3 Å². The molecule has 30 heavy (non-hydrogen) atoms. The van der Waals surface area contributed by atoms with Crippen molar-refractivity contribution >= 4 is 11.6 Å². The summed E-state index contributed by atoms with van der Waals surface area (Å²) < 4.78 is 29.9. The third-order valence-corrected chi connectivity index (χ3v) is 5.46. The van der Waals surface area contributed by atoms with Crippen molar-refractivity contribution in [1.82, 2.24) is 19.7 Å². The molecule has 2 unspecified atom stereocenters. The van der Waals surface area contributed by atoms with E-state index in [1.54, 1.807) is 25.2 Å². The number of hydrogen-bond donors (Lipinski definition) is 1. The fraction of sp³-hybridized carbons (Fsp3) is 0.286. The molecular formula is C21H21F2N5O2. The number of aliphatic hydroxyl groups is 1. The van der Waals surface area contributed by atoms with Crippen molar-refractivity contribution in [3.63, 3.8) is 0 Å². The Balaban J connectivity index is 2.01. The maximum atomic E-state index is 14.9. The van der Waals surface area contributed by atoms with E-state index in [1.165, 1.54) is 27.1 Å². The van der Waals surface area contributed by atoms with Crippen LogP contribution in [0, 0.1) is 18.6 Å². The molecule has 2 aromatic carbocycles. The van der Waals surface area contributed by atoms with E-state index in [0.717, 1.165) is 17.7 Å². The summed E-state index contributed by atoms with van der Waals surface area (Å²) in [5, 5.41) is 16.1. The lowest BCUT2D eigenvalue weighted by atomic mass is 9.96. The van der Waals surface area contributed by atoms with Crippen LogP contribution >= 0.6 is 0 Å². The maximum Gasteiger partial charge on any atom is 0.261 e. The molecule has 156 valence electrons. The average molecular weight is 413 g/mol. The highest BCUT2D eigenvalue weighted by Gasteiger charge is 2.53.